The fourth-order valence-corrected chi connectivity index (χ4v) is 1.46. The molecule has 0 aromatic rings. The van der Waals surface area contributed by atoms with E-state index in [-0.39, 0.29) is 6.54 Å². The lowest BCUT2D eigenvalue weighted by atomic mass is 10.1. The van der Waals surface area contributed by atoms with E-state index in [9.17, 15) is 8.78 Å². The van der Waals surface area contributed by atoms with Gasteiger partial charge in [-0.05, 0) is 19.4 Å². The van der Waals surface area contributed by atoms with E-state index in [1.165, 1.54) is 0 Å². The van der Waals surface area contributed by atoms with Gasteiger partial charge in [0.2, 0.25) is 0 Å². The third-order valence-corrected chi connectivity index (χ3v) is 2.09. The van der Waals surface area contributed by atoms with Gasteiger partial charge in [0.1, 0.15) is 12.3 Å². The molecule has 11 heavy (non-hydrogen) atoms. The van der Waals surface area contributed by atoms with Crippen molar-refractivity contribution in [3.05, 3.63) is 0 Å². The molecule has 2 atom stereocenters. The lowest BCUT2D eigenvalue weighted by molar-refractivity contribution is 0.0595. The van der Waals surface area contributed by atoms with Crippen molar-refractivity contribution >= 4 is 0 Å². The molecule has 0 spiro atoms. The molecule has 1 nitrogen and oxygen atoms in total. The molecule has 1 saturated heterocycles. The van der Waals surface area contributed by atoms with Crippen molar-refractivity contribution < 1.29 is 8.78 Å². The predicted octanol–water partition coefficient (Wildman–Crippen LogP) is 1.78. The summed E-state index contributed by atoms with van der Waals surface area (Å²) in [4.78, 5) is 1.99. The predicted molar refractivity (Wildman–Crippen MR) is 41.1 cm³/mol. The van der Waals surface area contributed by atoms with E-state index >= 15 is 0 Å². The lowest BCUT2D eigenvalue weighted by Crippen LogP contribution is -2.43. The van der Waals surface area contributed by atoms with Crippen LogP contribution in [-0.4, -0.2) is 36.9 Å². The Morgan fingerprint density at radius 1 is 1.36 bits per heavy atom. The topological polar surface area (TPSA) is 3.24 Å². The van der Waals surface area contributed by atoms with Crippen LogP contribution in [0.5, 0.6) is 0 Å². The molecule has 0 amide bonds. The summed E-state index contributed by atoms with van der Waals surface area (Å²) in [5.74, 6) is 0. The Morgan fingerprint density at radius 2 is 2.09 bits per heavy atom. The third-order valence-electron chi connectivity index (χ3n) is 2.09. The molecule has 0 bridgehead atoms. The summed E-state index contributed by atoms with van der Waals surface area (Å²) in [7, 11) is 0. The molecule has 1 heterocycles. The zero-order valence-corrected chi connectivity index (χ0v) is 6.89. The molecule has 1 rings (SSSR count). The van der Waals surface area contributed by atoms with Crippen molar-refractivity contribution in [1.29, 1.82) is 0 Å². The maximum Gasteiger partial charge on any atom is 0.144 e. The van der Waals surface area contributed by atoms with Crippen LogP contribution in [0.25, 0.3) is 0 Å². The Bertz CT molecular complexity index is 119. The number of likely N-dealkylation sites (tertiary alicyclic amines) is 1. The quantitative estimate of drug-likeness (QED) is 0.599. The standard InChI is InChI=1S/C8H15F2N/c1-2-4-11-5-3-7(9)8(10)6-11/h7-8H,2-6H2,1H3. The number of hydrogen-bond acceptors (Lipinski definition) is 1. The summed E-state index contributed by atoms with van der Waals surface area (Å²) in [5.41, 5.74) is 0. The van der Waals surface area contributed by atoms with Crippen LogP contribution in [-0.2, 0) is 0 Å². The van der Waals surface area contributed by atoms with Crippen LogP contribution >= 0.6 is 0 Å². The second kappa shape index (κ2) is 4.00. The van der Waals surface area contributed by atoms with E-state index in [4.69, 9.17) is 0 Å². The fourth-order valence-electron chi connectivity index (χ4n) is 1.46. The molecular formula is C8H15F2N. The Morgan fingerprint density at radius 3 is 2.64 bits per heavy atom. The maximum atomic E-state index is 12.7. The maximum absolute atomic E-state index is 12.7. The van der Waals surface area contributed by atoms with Crippen LogP contribution in [0, 0.1) is 0 Å². The van der Waals surface area contributed by atoms with Crippen LogP contribution in [0.3, 0.4) is 0 Å². The first kappa shape index (κ1) is 8.91. The van der Waals surface area contributed by atoms with Gasteiger partial charge in [0.25, 0.3) is 0 Å². The minimum atomic E-state index is -1.25. The molecule has 3 heteroatoms. The Hall–Kier alpha value is -0.180. The van der Waals surface area contributed by atoms with Gasteiger partial charge in [-0.25, -0.2) is 8.78 Å². The van der Waals surface area contributed by atoms with Crippen LogP contribution < -0.4 is 0 Å². The van der Waals surface area contributed by atoms with Crippen LogP contribution in [0.4, 0.5) is 8.78 Å². The number of piperidine rings is 1. The first-order valence-corrected chi connectivity index (χ1v) is 4.24. The van der Waals surface area contributed by atoms with E-state index in [0.29, 0.717) is 6.42 Å². The van der Waals surface area contributed by atoms with Gasteiger partial charge in [-0.1, -0.05) is 6.92 Å². The van der Waals surface area contributed by atoms with Crippen molar-refractivity contribution in [2.75, 3.05) is 19.6 Å². The van der Waals surface area contributed by atoms with E-state index in [0.717, 1.165) is 19.5 Å². The second-order valence-corrected chi connectivity index (χ2v) is 3.12. The Labute approximate surface area is 66.4 Å². The number of alkyl halides is 2. The summed E-state index contributed by atoms with van der Waals surface area (Å²) >= 11 is 0. The molecule has 2 unspecified atom stereocenters. The third kappa shape index (κ3) is 2.40. The van der Waals surface area contributed by atoms with Gasteiger partial charge >= 0.3 is 0 Å². The number of halogens is 2. The molecule has 0 aromatic carbocycles. The van der Waals surface area contributed by atoms with Gasteiger partial charge in [0.05, 0.1) is 0 Å². The van der Waals surface area contributed by atoms with Gasteiger partial charge in [-0.2, -0.15) is 0 Å². The molecule has 0 saturated carbocycles. The molecule has 0 N–H and O–H groups in total. The smallest absolute Gasteiger partial charge is 0.144 e. The van der Waals surface area contributed by atoms with E-state index in [1.54, 1.807) is 0 Å². The van der Waals surface area contributed by atoms with Crippen molar-refractivity contribution in [1.82, 2.24) is 4.90 Å². The molecule has 1 aliphatic heterocycles. The minimum Gasteiger partial charge on any atom is -0.300 e. The van der Waals surface area contributed by atoms with Crippen molar-refractivity contribution in [3.8, 4) is 0 Å². The summed E-state index contributed by atoms with van der Waals surface area (Å²) in [6, 6.07) is 0. The summed E-state index contributed by atoms with van der Waals surface area (Å²) in [6.45, 7) is 3.95. The van der Waals surface area contributed by atoms with E-state index in [2.05, 4.69) is 6.92 Å². The largest absolute Gasteiger partial charge is 0.300 e. The fraction of sp³-hybridized carbons (Fsp3) is 1.00. The zero-order chi connectivity index (χ0) is 8.27. The average molecular weight is 163 g/mol. The molecule has 1 aliphatic rings. The van der Waals surface area contributed by atoms with Gasteiger partial charge in [-0.3, -0.25) is 0 Å². The van der Waals surface area contributed by atoms with Crippen molar-refractivity contribution in [3.63, 3.8) is 0 Å². The van der Waals surface area contributed by atoms with Crippen LogP contribution in [0.15, 0.2) is 0 Å². The van der Waals surface area contributed by atoms with Gasteiger partial charge in [0, 0.05) is 13.1 Å². The second-order valence-electron chi connectivity index (χ2n) is 3.12. The number of rotatable bonds is 2. The van der Waals surface area contributed by atoms with Crippen LogP contribution in [0.1, 0.15) is 19.8 Å². The molecule has 66 valence electrons. The lowest BCUT2D eigenvalue weighted by Gasteiger charge is -2.30. The van der Waals surface area contributed by atoms with Gasteiger partial charge in [-0.15, -0.1) is 0 Å². The molecule has 0 radical (unpaired) electrons. The van der Waals surface area contributed by atoms with E-state index in [1.807, 2.05) is 4.90 Å². The number of nitrogens with zero attached hydrogens (tertiary/aromatic N) is 1. The van der Waals surface area contributed by atoms with Crippen molar-refractivity contribution in [2.45, 2.75) is 32.1 Å². The minimum absolute atomic E-state index is 0.287. The monoisotopic (exact) mass is 163 g/mol. The SMILES string of the molecule is CCCN1CCC(F)C(F)C1. The van der Waals surface area contributed by atoms with E-state index < -0.39 is 12.3 Å². The molecular weight excluding hydrogens is 148 g/mol. The molecule has 1 fully saturated rings. The number of hydrogen-bond donors (Lipinski definition) is 0. The summed E-state index contributed by atoms with van der Waals surface area (Å²) < 4.78 is 25.3. The highest BCUT2D eigenvalue weighted by atomic mass is 19.2. The summed E-state index contributed by atoms with van der Waals surface area (Å²) in [6.07, 6.45) is -1.09. The highest BCUT2D eigenvalue weighted by Crippen LogP contribution is 2.16. The molecule has 0 aliphatic carbocycles. The normalized spacial score (nSPS) is 34.1. The Balaban J connectivity index is 2.28. The zero-order valence-electron chi connectivity index (χ0n) is 6.89. The van der Waals surface area contributed by atoms with Crippen molar-refractivity contribution in [2.24, 2.45) is 0 Å². The average Bonchev–Trinajstić information content (AvgIpc) is 1.98. The first-order valence-electron chi connectivity index (χ1n) is 4.24. The Kier molecular flexibility index (Phi) is 3.24. The van der Waals surface area contributed by atoms with Gasteiger partial charge < -0.3 is 4.90 Å². The highest BCUT2D eigenvalue weighted by Gasteiger charge is 2.27. The highest BCUT2D eigenvalue weighted by molar-refractivity contribution is 4.79. The first-order chi connectivity index (χ1) is 5.24. The van der Waals surface area contributed by atoms with Gasteiger partial charge in [0.15, 0.2) is 0 Å². The molecule has 0 aromatic heterocycles. The van der Waals surface area contributed by atoms with Crippen LogP contribution in [0.2, 0.25) is 0 Å². The summed E-state index contributed by atoms with van der Waals surface area (Å²) in [5, 5.41) is 0.